The smallest absolute Gasteiger partial charge is 0.0666 e. The molecule has 0 heterocycles. The summed E-state index contributed by atoms with van der Waals surface area (Å²) in [6, 6.07) is 2.79. The Kier molecular flexibility index (Phi) is 4.20. The van der Waals surface area contributed by atoms with E-state index in [9.17, 15) is 0 Å². The number of hydrogen-bond donors (Lipinski definition) is 1. The number of nitriles is 1. The van der Waals surface area contributed by atoms with E-state index < -0.39 is 0 Å². The van der Waals surface area contributed by atoms with E-state index in [-0.39, 0.29) is 5.92 Å². The first kappa shape index (κ1) is 10.5. The molecule has 3 nitrogen and oxygen atoms in total. The van der Waals surface area contributed by atoms with Gasteiger partial charge in [0.2, 0.25) is 0 Å². The molecule has 0 radical (unpaired) electrons. The van der Waals surface area contributed by atoms with Gasteiger partial charge in [-0.1, -0.05) is 0 Å². The predicted molar refractivity (Wildman–Crippen MR) is 51.2 cm³/mol. The van der Waals surface area contributed by atoms with Crippen LogP contribution in [-0.2, 0) is 4.74 Å². The number of rotatable bonds is 5. The second-order valence-corrected chi connectivity index (χ2v) is 3.68. The molecule has 74 valence electrons. The second kappa shape index (κ2) is 5.21. The maximum absolute atomic E-state index is 8.56. The third-order valence-electron chi connectivity index (χ3n) is 2.43. The van der Waals surface area contributed by atoms with Crippen molar-refractivity contribution >= 4 is 0 Å². The molecule has 0 aromatic carbocycles. The molecule has 3 heteroatoms. The van der Waals surface area contributed by atoms with E-state index in [4.69, 9.17) is 10.00 Å². The van der Waals surface area contributed by atoms with Gasteiger partial charge in [0.15, 0.2) is 0 Å². The molecule has 1 aliphatic rings. The van der Waals surface area contributed by atoms with E-state index in [0.29, 0.717) is 12.1 Å². The molecule has 1 fully saturated rings. The minimum atomic E-state index is 0.117. The number of ether oxygens (including phenoxy) is 1. The molecule has 0 aromatic rings. The summed E-state index contributed by atoms with van der Waals surface area (Å²) in [6.45, 7) is 5.58. The Balaban J connectivity index is 1.99. The molecule has 1 aliphatic carbocycles. The first-order chi connectivity index (χ1) is 6.26. The minimum Gasteiger partial charge on any atom is -0.378 e. The zero-order valence-electron chi connectivity index (χ0n) is 8.42. The van der Waals surface area contributed by atoms with Crippen molar-refractivity contribution in [2.45, 2.75) is 38.8 Å². The Morgan fingerprint density at radius 2 is 2.31 bits per heavy atom. The summed E-state index contributed by atoms with van der Waals surface area (Å²) >= 11 is 0. The minimum absolute atomic E-state index is 0.117. The largest absolute Gasteiger partial charge is 0.378 e. The van der Waals surface area contributed by atoms with Crippen molar-refractivity contribution in [3.8, 4) is 6.07 Å². The van der Waals surface area contributed by atoms with E-state index in [0.717, 1.165) is 26.0 Å². The van der Waals surface area contributed by atoms with Crippen LogP contribution in [0.5, 0.6) is 0 Å². The average Bonchev–Trinajstić information content (AvgIpc) is 2.08. The van der Waals surface area contributed by atoms with Crippen LogP contribution >= 0.6 is 0 Å². The van der Waals surface area contributed by atoms with Gasteiger partial charge in [0.1, 0.15) is 0 Å². The average molecular weight is 182 g/mol. The molecule has 1 atom stereocenters. The van der Waals surface area contributed by atoms with E-state index in [2.05, 4.69) is 11.4 Å². The molecule has 0 aliphatic heterocycles. The van der Waals surface area contributed by atoms with Crippen LogP contribution in [0.3, 0.4) is 0 Å². The molecular weight excluding hydrogens is 164 g/mol. The fourth-order valence-corrected chi connectivity index (χ4v) is 1.49. The highest BCUT2D eigenvalue weighted by Crippen LogP contribution is 2.23. The zero-order valence-corrected chi connectivity index (χ0v) is 8.42. The third kappa shape index (κ3) is 3.33. The molecule has 0 saturated heterocycles. The molecule has 0 aromatic heterocycles. The van der Waals surface area contributed by atoms with Crippen LogP contribution in [0.15, 0.2) is 0 Å². The molecule has 13 heavy (non-hydrogen) atoms. The van der Waals surface area contributed by atoms with Crippen molar-refractivity contribution in [1.29, 1.82) is 5.26 Å². The van der Waals surface area contributed by atoms with Crippen molar-refractivity contribution < 1.29 is 4.74 Å². The summed E-state index contributed by atoms with van der Waals surface area (Å²) in [5.74, 6) is 0.117. The standard InChI is InChI=1S/C10H18N2O/c1-3-13-10-4-9(5-10)12-7-8(2)6-11/h8-10,12H,3-5,7H2,1-2H3. The van der Waals surface area contributed by atoms with Crippen molar-refractivity contribution in [3.63, 3.8) is 0 Å². The molecule has 1 saturated carbocycles. The highest BCUT2D eigenvalue weighted by molar-refractivity contribution is 4.88. The van der Waals surface area contributed by atoms with E-state index >= 15 is 0 Å². The van der Waals surface area contributed by atoms with E-state index in [1.54, 1.807) is 0 Å². The van der Waals surface area contributed by atoms with E-state index in [1.807, 2.05) is 13.8 Å². The molecule has 0 spiro atoms. The maximum Gasteiger partial charge on any atom is 0.0666 e. The second-order valence-electron chi connectivity index (χ2n) is 3.68. The summed E-state index contributed by atoms with van der Waals surface area (Å²) < 4.78 is 5.44. The third-order valence-corrected chi connectivity index (χ3v) is 2.43. The van der Waals surface area contributed by atoms with Gasteiger partial charge in [-0.05, 0) is 26.7 Å². The topological polar surface area (TPSA) is 45.0 Å². The Morgan fingerprint density at radius 3 is 2.85 bits per heavy atom. The van der Waals surface area contributed by atoms with Crippen LogP contribution in [-0.4, -0.2) is 25.3 Å². The molecule has 1 N–H and O–H groups in total. The summed E-state index contributed by atoms with van der Waals surface area (Å²) in [4.78, 5) is 0. The van der Waals surface area contributed by atoms with Gasteiger partial charge < -0.3 is 10.1 Å². The van der Waals surface area contributed by atoms with Gasteiger partial charge in [-0.2, -0.15) is 5.26 Å². The van der Waals surface area contributed by atoms with Crippen LogP contribution in [0.25, 0.3) is 0 Å². The highest BCUT2D eigenvalue weighted by atomic mass is 16.5. The highest BCUT2D eigenvalue weighted by Gasteiger charge is 2.28. The van der Waals surface area contributed by atoms with E-state index in [1.165, 1.54) is 0 Å². The summed E-state index contributed by atoms with van der Waals surface area (Å²) in [5, 5.41) is 11.9. The van der Waals surface area contributed by atoms with Crippen molar-refractivity contribution in [1.82, 2.24) is 5.32 Å². The Bertz CT molecular complexity index is 182. The monoisotopic (exact) mass is 182 g/mol. The molecular formula is C10H18N2O. The van der Waals surface area contributed by atoms with Crippen molar-refractivity contribution in [2.24, 2.45) is 5.92 Å². The number of nitrogens with one attached hydrogen (secondary N) is 1. The SMILES string of the molecule is CCOC1CC(NCC(C)C#N)C1. The molecule has 0 bridgehead atoms. The van der Waals surface area contributed by atoms with Crippen molar-refractivity contribution in [3.05, 3.63) is 0 Å². The van der Waals surface area contributed by atoms with Crippen LogP contribution in [0.1, 0.15) is 26.7 Å². The van der Waals surface area contributed by atoms with Gasteiger partial charge in [0.05, 0.1) is 18.1 Å². The van der Waals surface area contributed by atoms with Gasteiger partial charge in [-0.25, -0.2) is 0 Å². The van der Waals surface area contributed by atoms with Crippen LogP contribution in [0.4, 0.5) is 0 Å². The van der Waals surface area contributed by atoms with Crippen molar-refractivity contribution in [2.75, 3.05) is 13.2 Å². The summed E-state index contributed by atoms with van der Waals surface area (Å²) in [6.07, 6.45) is 2.66. The lowest BCUT2D eigenvalue weighted by Crippen LogP contribution is -2.46. The van der Waals surface area contributed by atoms with Gasteiger partial charge >= 0.3 is 0 Å². The fraction of sp³-hybridized carbons (Fsp3) is 0.900. The Hall–Kier alpha value is -0.590. The maximum atomic E-state index is 8.56. The molecule has 0 amide bonds. The Labute approximate surface area is 80.1 Å². The quantitative estimate of drug-likeness (QED) is 0.697. The van der Waals surface area contributed by atoms with Crippen LogP contribution < -0.4 is 5.32 Å². The Morgan fingerprint density at radius 1 is 1.62 bits per heavy atom. The predicted octanol–water partition coefficient (Wildman–Crippen LogP) is 1.30. The lowest BCUT2D eigenvalue weighted by molar-refractivity contribution is -0.0101. The first-order valence-corrected chi connectivity index (χ1v) is 5.00. The van der Waals surface area contributed by atoms with Crippen LogP contribution in [0, 0.1) is 17.2 Å². The first-order valence-electron chi connectivity index (χ1n) is 5.00. The number of nitrogens with zero attached hydrogens (tertiary/aromatic N) is 1. The fourth-order valence-electron chi connectivity index (χ4n) is 1.49. The van der Waals surface area contributed by atoms with Crippen LogP contribution in [0.2, 0.25) is 0 Å². The summed E-state index contributed by atoms with van der Waals surface area (Å²) in [7, 11) is 0. The summed E-state index contributed by atoms with van der Waals surface area (Å²) in [5.41, 5.74) is 0. The number of hydrogen-bond acceptors (Lipinski definition) is 3. The lowest BCUT2D eigenvalue weighted by Gasteiger charge is -2.35. The zero-order chi connectivity index (χ0) is 9.68. The lowest BCUT2D eigenvalue weighted by atomic mass is 9.89. The van der Waals surface area contributed by atoms with Gasteiger partial charge in [0.25, 0.3) is 0 Å². The molecule has 1 unspecified atom stereocenters. The van der Waals surface area contributed by atoms with Gasteiger partial charge in [0, 0.05) is 19.2 Å². The van der Waals surface area contributed by atoms with Gasteiger partial charge in [-0.15, -0.1) is 0 Å². The van der Waals surface area contributed by atoms with Gasteiger partial charge in [-0.3, -0.25) is 0 Å². The normalized spacial score (nSPS) is 29.0. The molecule has 1 rings (SSSR count).